The molecule has 0 unspecified atom stereocenters. The van der Waals surface area contributed by atoms with Crippen LogP contribution in [0.3, 0.4) is 0 Å². The summed E-state index contributed by atoms with van der Waals surface area (Å²) >= 11 is 0. The smallest absolute Gasteiger partial charge is 0.303 e. The predicted molar refractivity (Wildman–Crippen MR) is 100 cm³/mol. The summed E-state index contributed by atoms with van der Waals surface area (Å²) in [7, 11) is 0. The van der Waals surface area contributed by atoms with E-state index in [4.69, 9.17) is 16.3 Å². The van der Waals surface area contributed by atoms with Crippen LogP contribution in [0.4, 0.5) is 0 Å². The number of nitrogens with one attached hydrogen (secondary N) is 1. The maximum Gasteiger partial charge on any atom is 0.303 e. The number of carbonyl (C=O) groups excluding carboxylic acids is 2. The maximum absolute atomic E-state index is 12.0. The van der Waals surface area contributed by atoms with E-state index in [1.807, 2.05) is 6.08 Å². The van der Waals surface area contributed by atoms with Crippen molar-refractivity contribution >= 4 is 17.8 Å². The van der Waals surface area contributed by atoms with Crippen molar-refractivity contribution in [1.29, 1.82) is 0 Å². The Balaban J connectivity index is 1.77. The Morgan fingerprint density at radius 2 is 1.93 bits per heavy atom. The van der Waals surface area contributed by atoms with E-state index in [1.165, 1.54) is 0 Å². The summed E-state index contributed by atoms with van der Waals surface area (Å²) in [6, 6.07) is 0. The molecule has 154 valence electrons. The molecular weight excluding hydrogens is 364 g/mol. The van der Waals surface area contributed by atoms with Gasteiger partial charge in [0.1, 0.15) is 6.54 Å². The first-order valence-electron chi connectivity index (χ1n) is 9.64. The highest BCUT2D eigenvalue weighted by atomic mass is 16.5. The third-order valence-corrected chi connectivity index (χ3v) is 5.30. The van der Waals surface area contributed by atoms with E-state index in [1.54, 1.807) is 0 Å². The first-order chi connectivity index (χ1) is 13.4. The number of fused-ring (bicyclic) bond motifs is 2. The quantitative estimate of drug-likeness (QED) is 0.161. The minimum Gasteiger partial charge on any atom is -0.481 e. The van der Waals surface area contributed by atoms with Gasteiger partial charge in [-0.15, -0.1) is 6.42 Å². The van der Waals surface area contributed by atoms with E-state index in [-0.39, 0.29) is 31.0 Å². The number of nitrogens with zero attached hydrogens (tertiary/aromatic N) is 1. The topological polar surface area (TPSA) is 116 Å². The van der Waals surface area contributed by atoms with Crippen molar-refractivity contribution in [2.75, 3.05) is 13.1 Å². The molecule has 0 spiro atoms. The fourth-order valence-electron chi connectivity index (χ4n) is 3.91. The highest BCUT2D eigenvalue weighted by Gasteiger charge is 2.47. The molecule has 2 aliphatic heterocycles. The van der Waals surface area contributed by atoms with Gasteiger partial charge in [0.15, 0.2) is 0 Å². The van der Waals surface area contributed by atoms with Crippen molar-refractivity contribution in [1.82, 2.24) is 10.4 Å². The number of hydrogen-bond donors (Lipinski definition) is 3. The number of aliphatic carboxylic acids is 1. The number of hydrogen-bond acceptors (Lipinski definition) is 5. The van der Waals surface area contributed by atoms with Gasteiger partial charge in [-0.25, -0.2) is 5.06 Å². The molecule has 28 heavy (non-hydrogen) atoms. The number of terminal acetylenes is 1. The second-order valence-corrected chi connectivity index (χ2v) is 7.25. The molecule has 2 bridgehead atoms. The van der Waals surface area contributed by atoms with Crippen LogP contribution >= 0.6 is 0 Å². The summed E-state index contributed by atoms with van der Waals surface area (Å²) < 4.78 is 5.99. The van der Waals surface area contributed by atoms with E-state index >= 15 is 0 Å². The Morgan fingerprint density at radius 3 is 2.61 bits per heavy atom. The summed E-state index contributed by atoms with van der Waals surface area (Å²) in [5.41, 5.74) is 0. The summed E-state index contributed by atoms with van der Waals surface area (Å²) in [6.07, 6.45) is 13.4. The molecule has 3 N–H and O–H groups in total. The standard InChI is InChI=1S/C20H28N2O6/c1-2-7-19(24)22(27)13-18(23)21-12-15-14(16-10-11-17(15)28-16)8-5-3-4-6-9-20(25)26/h1,3,5,14-17,27H,4,6-13H2,(H,21,23)(H,25,26)/b5-3-/t14-,15+,16-,17+/m1/s1. The summed E-state index contributed by atoms with van der Waals surface area (Å²) in [4.78, 5) is 33.9. The van der Waals surface area contributed by atoms with E-state index in [0.29, 0.717) is 23.9 Å². The Hall–Kier alpha value is -2.37. The molecule has 2 heterocycles. The molecule has 0 aliphatic carbocycles. The third-order valence-electron chi connectivity index (χ3n) is 5.30. The highest BCUT2D eigenvalue weighted by molar-refractivity contribution is 5.84. The zero-order chi connectivity index (χ0) is 20.5. The van der Waals surface area contributed by atoms with E-state index in [2.05, 4.69) is 17.3 Å². The van der Waals surface area contributed by atoms with Gasteiger partial charge >= 0.3 is 5.97 Å². The SMILES string of the molecule is C#CCC(=O)N(O)CC(=O)NC[C@H]1[C@@H](C/C=C\CCCC(=O)O)[C@H]2CC[C@@H]1O2. The van der Waals surface area contributed by atoms with Gasteiger partial charge < -0.3 is 15.2 Å². The van der Waals surface area contributed by atoms with Gasteiger partial charge in [-0.1, -0.05) is 18.1 Å². The highest BCUT2D eigenvalue weighted by Crippen LogP contribution is 2.44. The molecule has 2 fully saturated rings. The van der Waals surface area contributed by atoms with Crippen LogP contribution in [0.15, 0.2) is 12.2 Å². The molecular formula is C20H28N2O6. The molecule has 2 rings (SSSR count). The summed E-state index contributed by atoms with van der Waals surface area (Å²) in [5, 5.41) is 21.3. The number of carboxylic acid groups (broad SMARTS) is 1. The molecule has 2 saturated heterocycles. The van der Waals surface area contributed by atoms with Crippen molar-refractivity contribution in [2.45, 2.75) is 57.2 Å². The zero-order valence-corrected chi connectivity index (χ0v) is 15.9. The monoisotopic (exact) mass is 392 g/mol. The van der Waals surface area contributed by atoms with Crippen molar-refractivity contribution < 1.29 is 29.4 Å². The van der Waals surface area contributed by atoms with Gasteiger partial charge in [-0.05, 0) is 38.0 Å². The molecule has 0 aromatic rings. The van der Waals surface area contributed by atoms with Gasteiger partial charge in [0.2, 0.25) is 5.91 Å². The van der Waals surface area contributed by atoms with Gasteiger partial charge in [-0.2, -0.15) is 0 Å². The molecule has 4 atom stereocenters. The molecule has 0 saturated carbocycles. The molecule has 2 amide bonds. The fraction of sp³-hybridized carbons (Fsp3) is 0.650. The molecule has 0 aromatic carbocycles. The number of rotatable bonds is 11. The van der Waals surface area contributed by atoms with E-state index < -0.39 is 24.3 Å². The van der Waals surface area contributed by atoms with Gasteiger partial charge in [0.25, 0.3) is 5.91 Å². The lowest BCUT2D eigenvalue weighted by Gasteiger charge is -2.27. The Labute approximate surface area is 164 Å². The van der Waals surface area contributed by atoms with Crippen LogP contribution in [-0.4, -0.2) is 58.5 Å². The van der Waals surface area contributed by atoms with Crippen molar-refractivity contribution in [3.05, 3.63) is 12.2 Å². The first-order valence-corrected chi connectivity index (χ1v) is 9.64. The average Bonchev–Trinajstić information content (AvgIpc) is 3.24. The van der Waals surface area contributed by atoms with Crippen LogP contribution < -0.4 is 5.32 Å². The molecule has 0 aromatic heterocycles. The van der Waals surface area contributed by atoms with E-state index in [9.17, 15) is 19.6 Å². The molecule has 8 heteroatoms. The second kappa shape index (κ2) is 10.8. The maximum atomic E-state index is 12.0. The second-order valence-electron chi connectivity index (χ2n) is 7.25. The van der Waals surface area contributed by atoms with Crippen LogP contribution in [-0.2, 0) is 19.1 Å². The van der Waals surface area contributed by atoms with Crippen molar-refractivity contribution in [3.8, 4) is 12.3 Å². The number of amides is 2. The Kier molecular flexibility index (Phi) is 8.48. The number of carboxylic acids is 1. The Bertz CT molecular complexity index is 641. The lowest BCUT2D eigenvalue weighted by Crippen LogP contribution is -2.43. The normalized spacial score (nSPS) is 25.6. The van der Waals surface area contributed by atoms with Crippen LogP contribution in [0.1, 0.15) is 44.9 Å². The third kappa shape index (κ3) is 6.36. The minimum atomic E-state index is -0.784. The van der Waals surface area contributed by atoms with Crippen LogP contribution in [0.5, 0.6) is 0 Å². The van der Waals surface area contributed by atoms with Gasteiger partial charge in [0.05, 0.1) is 18.6 Å². The van der Waals surface area contributed by atoms with Gasteiger partial charge in [-0.3, -0.25) is 19.6 Å². The predicted octanol–water partition coefficient (Wildman–Crippen LogP) is 1.34. The molecule has 2 aliphatic rings. The van der Waals surface area contributed by atoms with Crippen LogP contribution in [0.25, 0.3) is 0 Å². The summed E-state index contributed by atoms with van der Waals surface area (Å²) in [5.74, 6) is 0.682. The molecule has 8 nitrogen and oxygen atoms in total. The van der Waals surface area contributed by atoms with E-state index in [0.717, 1.165) is 25.7 Å². The lowest BCUT2D eigenvalue weighted by molar-refractivity contribution is -0.167. The largest absolute Gasteiger partial charge is 0.481 e. The lowest BCUT2D eigenvalue weighted by atomic mass is 9.77. The number of hydroxylamine groups is 2. The van der Waals surface area contributed by atoms with Crippen molar-refractivity contribution in [2.24, 2.45) is 11.8 Å². The van der Waals surface area contributed by atoms with Gasteiger partial charge in [0, 0.05) is 18.9 Å². The number of carbonyl (C=O) groups is 3. The van der Waals surface area contributed by atoms with Crippen LogP contribution in [0, 0.1) is 24.2 Å². The zero-order valence-electron chi connectivity index (χ0n) is 15.9. The number of unbranched alkanes of at least 4 members (excludes halogenated alkanes) is 1. The Morgan fingerprint density at radius 1 is 1.21 bits per heavy atom. The number of allylic oxidation sites excluding steroid dienone is 2. The average molecular weight is 392 g/mol. The van der Waals surface area contributed by atoms with Crippen molar-refractivity contribution in [3.63, 3.8) is 0 Å². The van der Waals surface area contributed by atoms with Crippen LogP contribution in [0.2, 0.25) is 0 Å². The fourth-order valence-corrected chi connectivity index (χ4v) is 3.91. The molecule has 0 radical (unpaired) electrons. The summed E-state index contributed by atoms with van der Waals surface area (Å²) in [6.45, 7) is -0.0228. The number of ether oxygens (including phenoxy) is 1. The first kappa shape index (κ1) is 21.9. The minimum absolute atomic E-state index is 0.115.